The third-order valence-corrected chi connectivity index (χ3v) is 3.45. The summed E-state index contributed by atoms with van der Waals surface area (Å²) in [4.78, 5) is 13.9. The van der Waals surface area contributed by atoms with Crippen LogP contribution in [0.15, 0.2) is 24.3 Å². The van der Waals surface area contributed by atoms with Gasteiger partial charge in [-0.1, -0.05) is 29.8 Å². The lowest BCUT2D eigenvalue weighted by Gasteiger charge is -2.27. The van der Waals surface area contributed by atoms with E-state index in [1.807, 2.05) is 4.90 Å². The van der Waals surface area contributed by atoms with Crippen LogP contribution < -0.4 is 5.32 Å². The molecule has 1 aliphatic heterocycles. The van der Waals surface area contributed by atoms with Gasteiger partial charge >= 0.3 is 0 Å². The van der Waals surface area contributed by atoms with Crippen molar-refractivity contribution in [3.05, 3.63) is 35.4 Å². The number of amides is 1. The van der Waals surface area contributed by atoms with Crippen molar-refractivity contribution in [1.82, 2.24) is 10.2 Å². The monoisotopic (exact) mass is 282 g/mol. The third kappa shape index (κ3) is 5.21. The Balaban J connectivity index is 0.00000180. The number of piperazine rings is 1. The fraction of sp³-hybridized carbons (Fsp3) is 0.533. The number of rotatable bonds is 4. The van der Waals surface area contributed by atoms with Crippen LogP contribution in [0.5, 0.6) is 0 Å². The fourth-order valence-corrected chi connectivity index (χ4v) is 2.27. The molecular weight excluding hydrogens is 260 g/mol. The number of hydrogen-bond acceptors (Lipinski definition) is 2. The van der Waals surface area contributed by atoms with Gasteiger partial charge in [-0.15, -0.1) is 12.4 Å². The Kier molecular flexibility index (Phi) is 6.89. The Morgan fingerprint density at radius 2 is 1.84 bits per heavy atom. The second-order valence-corrected chi connectivity index (χ2v) is 4.97. The molecule has 0 bridgehead atoms. The Bertz CT molecular complexity index is 386. The Hall–Kier alpha value is -1.06. The summed E-state index contributed by atoms with van der Waals surface area (Å²) in [6, 6.07) is 8.58. The molecule has 1 fully saturated rings. The minimum absolute atomic E-state index is 0. The van der Waals surface area contributed by atoms with Gasteiger partial charge in [0.1, 0.15) is 0 Å². The predicted octanol–water partition coefficient (Wildman–Crippen LogP) is 2.17. The highest BCUT2D eigenvalue weighted by Crippen LogP contribution is 2.08. The van der Waals surface area contributed by atoms with Gasteiger partial charge in [0.2, 0.25) is 5.91 Å². The molecule has 0 unspecified atom stereocenters. The van der Waals surface area contributed by atoms with E-state index in [2.05, 4.69) is 36.5 Å². The van der Waals surface area contributed by atoms with E-state index >= 15 is 0 Å². The fourth-order valence-electron chi connectivity index (χ4n) is 2.27. The van der Waals surface area contributed by atoms with Crippen molar-refractivity contribution in [2.45, 2.75) is 26.2 Å². The Morgan fingerprint density at radius 1 is 1.21 bits per heavy atom. The van der Waals surface area contributed by atoms with Gasteiger partial charge in [-0.3, -0.25) is 4.79 Å². The summed E-state index contributed by atoms with van der Waals surface area (Å²) in [5.41, 5.74) is 2.62. The van der Waals surface area contributed by atoms with Crippen molar-refractivity contribution >= 4 is 18.3 Å². The van der Waals surface area contributed by atoms with E-state index in [4.69, 9.17) is 0 Å². The maximum atomic E-state index is 11.9. The minimum Gasteiger partial charge on any atom is -0.340 e. The predicted molar refractivity (Wildman–Crippen MR) is 80.8 cm³/mol. The quantitative estimate of drug-likeness (QED) is 0.918. The normalized spacial score (nSPS) is 14.9. The standard InChI is InChI=1S/C15H22N2O.ClH/c1-13-5-7-14(8-6-13)3-2-4-15(18)17-11-9-16-10-12-17;/h5-8,16H,2-4,9-12H2,1H3;1H. The summed E-state index contributed by atoms with van der Waals surface area (Å²) in [6.07, 6.45) is 2.62. The molecule has 19 heavy (non-hydrogen) atoms. The molecule has 3 nitrogen and oxygen atoms in total. The zero-order valence-corrected chi connectivity index (χ0v) is 12.3. The molecule has 0 atom stereocenters. The molecule has 4 heteroatoms. The van der Waals surface area contributed by atoms with Gasteiger partial charge in [-0.05, 0) is 25.3 Å². The molecule has 0 aromatic heterocycles. The van der Waals surface area contributed by atoms with E-state index in [0.717, 1.165) is 39.0 Å². The van der Waals surface area contributed by atoms with Crippen molar-refractivity contribution in [2.24, 2.45) is 0 Å². The van der Waals surface area contributed by atoms with Gasteiger partial charge in [-0.2, -0.15) is 0 Å². The third-order valence-electron chi connectivity index (χ3n) is 3.45. The summed E-state index contributed by atoms with van der Waals surface area (Å²) < 4.78 is 0. The van der Waals surface area contributed by atoms with E-state index < -0.39 is 0 Å². The minimum atomic E-state index is 0. The van der Waals surface area contributed by atoms with Gasteiger partial charge in [0, 0.05) is 32.6 Å². The van der Waals surface area contributed by atoms with Gasteiger partial charge in [0.25, 0.3) is 0 Å². The van der Waals surface area contributed by atoms with Crippen LogP contribution in [-0.4, -0.2) is 37.0 Å². The van der Waals surface area contributed by atoms with Crippen molar-refractivity contribution in [3.63, 3.8) is 0 Å². The summed E-state index contributed by atoms with van der Waals surface area (Å²) in [5.74, 6) is 0.309. The van der Waals surface area contributed by atoms with Crippen molar-refractivity contribution in [3.8, 4) is 0 Å². The van der Waals surface area contributed by atoms with E-state index in [1.54, 1.807) is 0 Å². The van der Waals surface area contributed by atoms with E-state index in [1.165, 1.54) is 11.1 Å². The second kappa shape index (κ2) is 8.18. The van der Waals surface area contributed by atoms with Crippen LogP contribution in [0.1, 0.15) is 24.0 Å². The van der Waals surface area contributed by atoms with Crippen molar-refractivity contribution < 1.29 is 4.79 Å². The molecule has 0 radical (unpaired) electrons. The second-order valence-electron chi connectivity index (χ2n) is 4.97. The maximum absolute atomic E-state index is 11.9. The van der Waals surface area contributed by atoms with Crippen LogP contribution in [0.25, 0.3) is 0 Å². The number of aryl methyl sites for hydroxylation is 2. The smallest absolute Gasteiger partial charge is 0.222 e. The van der Waals surface area contributed by atoms with Gasteiger partial charge in [-0.25, -0.2) is 0 Å². The molecule has 0 aliphatic carbocycles. The van der Waals surface area contributed by atoms with E-state index in [0.29, 0.717) is 12.3 Å². The van der Waals surface area contributed by atoms with Gasteiger partial charge < -0.3 is 10.2 Å². The first kappa shape index (κ1) is 16.0. The summed E-state index contributed by atoms with van der Waals surface area (Å²) in [5, 5.41) is 3.26. The first-order valence-electron chi connectivity index (χ1n) is 6.80. The molecule has 2 rings (SSSR count). The molecule has 0 saturated carbocycles. The molecule has 1 aliphatic rings. The Morgan fingerprint density at radius 3 is 2.47 bits per heavy atom. The van der Waals surface area contributed by atoms with Crippen molar-refractivity contribution in [1.29, 1.82) is 0 Å². The first-order chi connectivity index (χ1) is 8.75. The van der Waals surface area contributed by atoms with Crippen LogP contribution in [0.4, 0.5) is 0 Å². The number of halogens is 1. The number of benzene rings is 1. The molecule has 106 valence electrons. The average Bonchev–Trinajstić information content (AvgIpc) is 2.42. The number of carbonyl (C=O) groups is 1. The molecule has 1 N–H and O–H groups in total. The first-order valence-corrected chi connectivity index (χ1v) is 6.80. The lowest BCUT2D eigenvalue weighted by Crippen LogP contribution is -2.46. The van der Waals surface area contributed by atoms with E-state index in [9.17, 15) is 4.79 Å². The van der Waals surface area contributed by atoms with Crippen LogP contribution in [-0.2, 0) is 11.2 Å². The van der Waals surface area contributed by atoms with Crippen LogP contribution >= 0.6 is 12.4 Å². The summed E-state index contributed by atoms with van der Waals surface area (Å²) in [6.45, 7) is 5.69. The maximum Gasteiger partial charge on any atom is 0.222 e. The topological polar surface area (TPSA) is 32.3 Å². The zero-order chi connectivity index (χ0) is 12.8. The average molecular weight is 283 g/mol. The lowest BCUT2D eigenvalue weighted by atomic mass is 10.1. The summed E-state index contributed by atoms with van der Waals surface area (Å²) in [7, 11) is 0. The zero-order valence-electron chi connectivity index (χ0n) is 11.5. The molecule has 0 spiro atoms. The molecular formula is C15H23ClN2O. The van der Waals surface area contributed by atoms with Crippen LogP contribution in [0.2, 0.25) is 0 Å². The Labute approximate surface area is 121 Å². The lowest BCUT2D eigenvalue weighted by molar-refractivity contribution is -0.131. The highest BCUT2D eigenvalue weighted by molar-refractivity contribution is 5.85. The molecule has 1 aromatic carbocycles. The van der Waals surface area contributed by atoms with E-state index in [-0.39, 0.29) is 12.4 Å². The summed E-state index contributed by atoms with van der Waals surface area (Å²) >= 11 is 0. The highest BCUT2D eigenvalue weighted by atomic mass is 35.5. The molecule has 1 heterocycles. The number of carbonyl (C=O) groups excluding carboxylic acids is 1. The number of hydrogen-bond donors (Lipinski definition) is 1. The molecule has 1 aromatic rings. The van der Waals surface area contributed by atoms with Gasteiger partial charge in [0.05, 0.1) is 0 Å². The van der Waals surface area contributed by atoms with Gasteiger partial charge in [0.15, 0.2) is 0 Å². The molecule has 1 amide bonds. The van der Waals surface area contributed by atoms with Crippen molar-refractivity contribution in [2.75, 3.05) is 26.2 Å². The van der Waals surface area contributed by atoms with Crippen LogP contribution in [0, 0.1) is 6.92 Å². The SMILES string of the molecule is Cc1ccc(CCCC(=O)N2CCNCC2)cc1.Cl. The number of nitrogens with one attached hydrogen (secondary N) is 1. The largest absolute Gasteiger partial charge is 0.340 e. The number of nitrogens with zero attached hydrogens (tertiary/aromatic N) is 1. The van der Waals surface area contributed by atoms with Crippen LogP contribution in [0.3, 0.4) is 0 Å². The highest BCUT2D eigenvalue weighted by Gasteiger charge is 2.15. The molecule has 1 saturated heterocycles.